The van der Waals surface area contributed by atoms with Crippen molar-refractivity contribution in [2.75, 3.05) is 6.26 Å². The Morgan fingerprint density at radius 3 is 2.46 bits per heavy atom. The molecule has 120 valence electrons. The first-order chi connectivity index (χ1) is 11.8. The fourth-order valence-corrected chi connectivity index (χ4v) is 2.76. The minimum Gasteiger partial charge on any atom is -0.268 e. The highest BCUT2D eigenvalue weighted by molar-refractivity contribution is 7.98. The van der Waals surface area contributed by atoms with Crippen LogP contribution in [-0.2, 0) is 6.54 Å². The van der Waals surface area contributed by atoms with Gasteiger partial charge in [-0.2, -0.15) is 5.10 Å². The molecule has 1 aromatic heterocycles. The number of benzene rings is 2. The van der Waals surface area contributed by atoms with Gasteiger partial charge in [0, 0.05) is 16.5 Å². The zero-order valence-electron chi connectivity index (χ0n) is 13.4. The molecule has 0 atom stereocenters. The molecule has 24 heavy (non-hydrogen) atoms. The summed E-state index contributed by atoms with van der Waals surface area (Å²) >= 11 is 1.70. The number of allylic oxidation sites excluding steroid dienone is 1. The van der Waals surface area contributed by atoms with Gasteiger partial charge in [-0.05, 0) is 30.0 Å². The van der Waals surface area contributed by atoms with E-state index in [0.29, 0.717) is 6.54 Å². The summed E-state index contributed by atoms with van der Waals surface area (Å²) in [6.45, 7) is 0.449. The van der Waals surface area contributed by atoms with Crippen LogP contribution in [0.15, 0.2) is 82.5 Å². The van der Waals surface area contributed by atoms with Gasteiger partial charge in [0.15, 0.2) is 0 Å². The molecule has 0 N–H and O–H groups in total. The van der Waals surface area contributed by atoms with Crippen LogP contribution in [-0.4, -0.2) is 16.0 Å². The Morgan fingerprint density at radius 1 is 1.00 bits per heavy atom. The van der Waals surface area contributed by atoms with Crippen LogP contribution in [0.25, 0.3) is 17.3 Å². The van der Waals surface area contributed by atoms with Crippen molar-refractivity contribution < 1.29 is 0 Å². The summed E-state index contributed by atoms with van der Waals surface area (Å²) in [6, 6.07) is 21.5. The van der Waals surface area contributed by atoms with Crippen molar-refractivity contribution in [1.82, 2.24) is 9.78 Å². The average molecular weight is 334 g/mol. The van der Waals surface area contributed by atoms with E-state index in [2.05, 4.69) is 17.2 Å². The first-order valence-electron chi connectivity index (χ1n) is 7.70. The Labute approximate surface area is 145 Å². The van der Waals surface area contributed by atoms with Crippen molar-refractivity contribution in [3.05, 3.63) is 88.7 Å². The monoisotopic (exact) mass is 334 g/mol. The third-order valence-electron chi connectivity index (χ3n) is 3.64. The highest BCUT2D eigenvalue weighted by Crippen LogP contribution is 2.20. The normalized spacial score (nSPS) is 11.0. The van der Waals surface area contributed by atoms with E-state index in [4.69, 9.17) is 0 Å². The maximum Gasteiger partial charge on any atom is 0.267 e. The quantitative estimate of drug-likeness (QED) is 0.651. The Bertz CT molecular complexity index is 884. The van der Waals surface area contributed by atoms with Crippen molar-refractivity contribution in [3.8, 4) is 11.3 Å². The predicted molar refractivity (Wildman–Crippen MR) is 101 cm³/mol. The summed E-state index contributed by atoms with van der Waals surface area (Å²) in [4.78, 5) is 13.2. The molecule has 3 aromatic rings. The number of hydrogen-bond acceptors (Lipinski definition) is 3. The van der Waals surface area contributed by atoms with Crippen LogP contribution in [0.3, 0.4) is 0 Å². The Hall–Kier alpha value is -2.59. The second-order valence-corrected chi connectivity index (χ2v) is 6.16. The maximum absolute atomic E-state index is 12.0. The smallest absolute Gasteiger partial charge is 0.267 e. The Kier molecular flexibility index (Phi) is 5.29. The van der Waals surface area contributed by atoms with Crippen LogP contribution in [0.1, 0.15) is 5.56 Å². The number of nitrogens with zero attached hydrogens (tertiary/aromatic N) is 2. The summed E-state index contributed by atoms with van der Waals surface area (Å²) in [5, 5.41) is 4.48. The summed E-state index contributed by atoms with van der Waals surface area (Å²) in [6.07, 6.45) is 5.99. The van der Waals surface area contributed by atoms with Crippen molar-refractivity contribution >= 4 is 17.8 Å². The molecule has 0 unspecified atom stereocenters. The molecule has 1 heterocycles. The minimum atomic E-state index is -0.0998. The standard InChI is InChI=1S/C20H18N2OS/c1-24-18-11-9-17(10-12-18)19-13-14-20(23)22(21-19)15-5-8-16-6-3-2-4-7-16/h2-14H,15H2,1H3. The van der Waals surface area contributed by atoms with Crippen LogP contribution in [0.4, 0.5) is 0 Å². The summed E-state index contributed by atoms with van der Waals surface area (Å²) < 4.78 is 1.48. The van der Waals surface area contributed by atoms with Gasteiger partial charge in [0.1, 0.15) is 0 Å². The molecule has 0 aliphatic carbocycles. The summed E-state index contributed by atoms with van der Waals surface area (Å²) in [7, 11) is 0. The van der Waals surface area contributed by atoms with E-state index in [0.717, 1.165) is 16.8 Å². The summed E-state index contributed by atoms with van der Waals surface area (Å²) in [5.74, 6) is 0. The molecule has 2 aromatic carbocycles. The van der Waals surface area contributed by atoms with Gasteiger partial charge in [0.05, 0.1) is 12.2 Å². The molecular weight excluding hydrogens is 316 g/mol. The molecular formula is C20H18N2OS. The van der Waals surface area contributed by atoms with E-state index in [-0.39, 0.29) is 5.56 Å². The molecule has 0 aliphatic rings. The molecule has 0 amide bonds. The first-order valence-corrected chi connectivity index (χ1v) is 8.93. The van der Waals surface area contributed by atoms with Crippen molar-refractivity contribution in [3.63, 3.8) is 0 Å². The Morgan fingerprint density at radius 2 is 1.75 bits per heavy atom. The van der Waals surface area contributed by atoms with Gasteiger partial charge in [-0.15, -0.1) is 11.8 Å². The fraction of sp³-hybridized carbons (Fsp3) is 0.100. The third kappa shape index (κ3) is 4.03. The summed E-state index contributed by atoms with van der Waals surface area (Å²) in [5.41, 5.74) is 2.82. The molecule has 0 bridgehead atoms. The van der Waals surface area contributed by atoms with E-state index in [1.807, 2.05) is 60.9 Å². The zero-order valence-corrected chi connectivity index (χ0v) is 14.2. The first kappa shape index (κ1) is 16.3. The van der Waals surface area contributed by atoms with E-state index in [1.54, 1.807) is 23.9 Å². The van der Waals surface area contributed by atoms with Gasteiger partial charge >= 0.3 is 0 Å². The van der Waals surface area contributed by atoms with Gasteiger partial charge in [-0.25, -0.2) is 4.68 Å². The predicted octanol–water partition coefficient (Wildman–Crippen LogP) is 4.35. The van der Waals surface area contributed by atoms with Crippen molar-refractivity contribution in [1.29, 1.82) is 0 Å². The lowest BCUT2D eigenvalue weighted by Gasteiger charge is -2.06. The second kappa shape index (κ2) is 7.79. The highest BCUT2D eigenvalue weighted by Gasteiger charge is 2.03. The number of thioether (sulfide) groups is 1. The average Bonchev–Trinajstić information content (AvgIpc) is 2.64. The van der Waals surface area contributed by atoms with E-state index in [9.17, 15) is 4.79 Å². The molecule has 3 nitrogen and oxygen atoms in total. The van der Waals surface area contributed by atoms with Crippen molar-refractivity contribution in [2.24, 2.45) is 0 Å². The van der Waals surface area contributed by atoms with E-state index < -0.39 is 0 Å². The van der Waals surface area contributed by atoms with Gasteiger partial charge in [0.2, 0.25) is 0 Å². The van der Waals surface area contributed by atoms with Crippen LogP contribution < -0.4 is 5.56 Å². The number of rotatable bonds is 5. The SMILES string of the molecule is CSc1ccc(-c2ccc(=O)n(CC=Cc3ccccc3)n2)cc1. The largest absolute Gasteiger partial charge is 0.268 e. The minimum absolute atomic E-state index is 0.0998. The molecule has 3 rings (SSSR count). The Balaban J connectivity index is 1.81. The lowest BCUT2D eigenvalue weighted by Crippen LogP contribution is -2.21. The van der Waals surface area contributed by atoms with Crippen LogP contribution >= 0.6 is 11.8 Å². The maximum atomic E-state index is 12.0. The topological polar surface area (TPSA) is 34.9 Å². The molecule has 0 fully saturated rings. The fourth-order valence-electron chi connectivity index (χ4n) is 2.35. The molecule has 4 heteroatoms. The van der Waals surface area contributed by atoms with Crippen LogP contribution in [0.5, 0.6) is 0 Å². The van der Waals surface area contributed by atoms with Crippen LogP contribution in [0.2, 0.25) is 0 Å². The van der Waals surface area contributed by atoms with Gasteiger partial charge in [0.25, 0.3) is 5.56 Å². The molecule has 0 spiro atoms. The van der Waals surface area contributed by atoms with E-state index in [1.165, 1.54) is 9.58 Å². The molecule has 0 radical (unpaired) electrons. The molecule has 0 saturated heterocycles. The van der Waals surface area contributed by atoms with Gasteiger partial charge in [-0.1, -0.05) is 54.6 Å². The molecule has 0 aliphatic heterocycles. The van der Waals surface area contributed by atoms with E-state index >= 15 is 0 Å². The zero-order chi connectivity index (χ0) is 16.8. The number of hydrogen-bond donors (Lipinski definition) is 0. The highest BCUT2D eigenvalue weighted by atomic mass is 32.2. The number of aromatic nitrogens is 2. The van der Waals surface area contributed by atoms with Gasteiger partial charge in [-0.3, -0.25) is 4.79 Å². The van der Waals surface area contributed by atoms with Crippen molar-refractivity contribution in [2.45, 2.75) is 11.4 Å². The lowest BCUT2D eigenvalue weighted by atomic mass is 10.1. The van der Waals surface area contributed by atoms with Crippen LogP contribution in [0, 0.1) is 0 Å². The van der Waals surface area contributed by atoms with Gasteiger partial charge < -0.3 is 0 Å². The molecule has 0 saturated carbocycles. The lowest BCUT2D eigenvalue weighted by molar-refractivity contribution is 0.656. The second-order valence-electron chi connectivity index (χ2n) is 5.28. The third-order valence-corrected chi connectivity index (χ3v) is 4.38.